The Morgan fingerprint density at radius 2 is 1.79 bits per heavy atom. The first kappa shape index (κ1) is 12.7. The standard InChI is InChI=1S/C30H30N2O/c1-18-14-21(16-30(4,5)6)11-13-22(18)26-15-27(31-17-19(26)2)25-9-7-8-23-24-12-10-20(3)32-29(24)33-28(23)25/h7-15,17H,16H2,1-6H3/i1D3,2D3,3D3,13D. The van der Waals surface area contributed by atoms with E-state index in [1.165, 1.54) is 18.3 Å². The SMILES string of the molecule is [2H]c1cc(CC(C)(C)C)cc(C([2H])([2H])[2H])c1-c1cc(-c2cccc3c2oc2nc(C([2H])([2H])[2H])ccc23)ncc1C([2H])([2H])[2H]. The van der Waals surface area contributed by atoms with E-state index < -0.39 is 20.6 Å². The number of benzene rings is 2. The van der Waals surface area contributed by atoms with Gasteiger partial charge in [-0.3, -0.25) is 4.98 Å². The molecule has 0 N–H and O–H groups in total. The molecular formula is C30H30N2O. The third-order valence-corrected chi connectivity index (χ3v) is 5.55. The Bertz CT molecular complexity index is 1860. The Balaban J connectivity index is 1.78. The molecule has 0 unspecified atom stereocenters. The van der Waals surface area contributed by atoms with E-state index in [9.17, 15) is 0 Å². The molecule has 0 aliphatic carbocycles. The van der Waals surface area contributed by atoms with Crippen molar-refractivity contribution in [3.8, 4) is 22.4 Å². The summed E-state index contributed by atoms with van der Waals surface area (Å²) in [5, 5.41) is 1.24. The smallest absolute Gasteiger partial charge is 0.227 e. The number of para-hydroxylation sites is 1. The predicted octanol–water partition coefficient (Wildman–Crippen LogP) is 8.22. The van der Waals surface area contributed by atoms with E-state index in [0.717, 1.165) is 0 Å². The summed E-state index contributed by atoms with van der Waals surface area (Å²) in [7, 11) is 0. The molecular weight excluding hydrogens is 404 g/mol. The molecule has 166 valence electrons. The number of nitrogens with zero attached hydrogens (tertiary/aromatic N) is 2. The maximum atomic E-state index is 8.90. The molecule has 0 aliphatic heterocycles. The molecule has 5 rings (SSSR count). The molecule has 2 aromatic carbocycles. The van der Waals surface area contributed by atoms with Crippen LogP contribution in [-0.2, 0) is 6.42 Å². The highest BCUT2D eigenvalue weighted by Gasteiger charge is 2.17. The summed E-state index contributed by atoms with van der Waals surface area (Å²) in [4.78, 5) is 8.64. The van der Waals surface area contributed by atoms with Gasteiger partial charge in [0, 0.05) is 40.6 Å². The quantitative estimate of drug-likeness (QED) is 0.281. The van der Waals surface area contributed by atoms with E-state index in [1.54, 1.807) is 36.4 Å². The van der Waals surface area contributed by atoms with Gasteiger partial charge in [-0.25, -0.2) is 4.98 Å². The number of hydrogen-bond acceptors (Lipinski definition) is 3. The van der Waals surface area contributed by atoms with Gasteiger partial charge in [0.2, 0.25) is 5.71 Å². The van der Waals surface area contributed by atoms with Gasteiger partial charge in [-0.2, -0.15) is 0 Å². The van der Waals surface area contributed by atoms with E-state index >= 15 is 0 Å². The molecule has 0 radical (unpaired) electrons. The van der Waals surface area contributed by atoms with E-state index in [2.05, 4.69) is 9.97 Å². The fourth-order valence-corrected chi connectivity index (χ4v) is 4.17. The van der Waals surface area contributed by atoms with E-state index in [-0.39, 0.29) is 45.1 Å². The van der Waals surface area contributed by atoms with Crippen molar-refractivity contribution < 1.29 is 18.1 Å². The van der Waals surface area contributed by atoms with Gasteiger partial charge in [0.25, 0.3) is 0 Å². The van der Waals surface area contributed by atoms with Crippen LogP contribution in [0.3, 0.4) is 0 Å². The Morgan fingerprint density at radius 3 is 2.58 bits per heavy atom. The molecule has 0 amide bonds. The molecule has 3 nitrogen and oxygen atoms in total. The lowest BCUT2D eigenvalue weighted by Gasteiger charge is -2.19. The molecule has 33 heavy (non-hydrogen) atoms. The highest BCUT2D eigenvalue weighted by molar-refractivity contribution is 6.08. The number of furan rings is 1. The van der Waals surface area contributed by atoms with Crippen LogP contribution in [-0.4, -0.2) is 9.97 Å². The predicted molar refractivity (Wildman–Crippen MR) is 138 cm³/mol. The summed E-state index contributed by atoms with van der Waals surface area (Å²) in [5.41, 5.74) is 1.42. The number of hydrogen-bond donors (Lipinski definition) is 0. The molecule has 0 saturated carbocycles. The molecule has 0 atom stereocenters. The van der Waals surface area contributed by atoms with Crippen molar-refractivity contribution in [3.63, 3.8) is 0 Å². The van der Waals surface area contributed by atoms with Crippen LogP contribution in [0, 0.1) is 26.0 Å². The first-order valence-electron chi connectivity index (χ1n) is 15.7. The molecule has 0 aliphatic rings. The Hall–Kier alpha value is -3.46. The van der Waals surface area contributed by atoms with Gasteiger partial charge in [-0.1, -0.05) is 51.1 Å². The van der Waals surface area contributed by atoms with Crippen LogP contribution in [0.2, 0.25) is 0 Å². The summed E-state index contributed by atoms with van der Waals surface area (Å²) in [6, 6.07) is 12.8. The van der Waals surface area contributed by atoms with Gasteiger partial charge in [0.1, 0.15) is 5.58 Å². The van der Waals surface area contributed by atoms with Crippen molar-refractivity contribution in [2.24, 2.45) is 5.41 Å². The van der Waals surface area contributed by atoms with Gasteiger partial charge >= 0.3 is 0 Å². The van der Waals surface area contributed by atoms with Gasteiger partial charge in [0.15, 0.2) is 0 Å². The van der Waals surface area contributed by atoms with Crippen LogP contribution in [0.5, 0.6) is 0 Å². The number of aromatic nitrogens is 2. The Kier molecular flexibility index (Phi) is 3.02. The van der Waals surface area contributed by atoms with Crippen LogP contribution in [0.15, 0.2) is 65.2 Å². The van der Waals surface area contributed by atoms with E-state index in [4.69, 9.17) is 18.1 Å². The molecule has 0 fully saturated rings. The highest BCUT2D eigenvalue weighted by Crippen LogP contribution is 2.37. The van der Waals surface area contributed by atoms with E-state index in [0.29, 0.717) is 39.6 Å². The first-order valence-corrected chi connectivity index (χ1v) is 10.7. The lowest BCUT2D eigenvalue weighted by Crippen LogP contribution is -2.09. The molecule has 0 bridgehead atoms. The molecule has 0 spiro atoms. The lowest BCUT2D eigenvalue weighted by molar-refractivity contribution is 0.411. The monoisotopic (exact) mass is 444 g/mol. The van der Waals surface area contributed by atoms with Gasteiger partial charge in [-0.05, 0) is 84.5 Å². The maximum Gasteiger partial charge on any atom is 0.227 e. The normalized spacial score (nSPS) is 17.7. The van der Waals surface area contributed by atoms with Crippen LogP contribution >= 0.6 is 0 Å². The zero-order chi connectivity index (χ0) is 31.7. The van der Waals surface area contributed by atoms with Crippen molar-refractivity contribution in [2.45, 2.75) is 47.7 Å². The minimum absolute atomic E-state index is 0.00759. The highest BCUT2D eigenvalue weighted by atomic mass is 16.3. The molecule has 3 heteroatoms. The lowest BCUT2D eigenvalue weighted by atomic mass is 9.86. The number of pyridine rings is 2. The Morgan fingerprint density at radius 1 is 0.909 bits per heavy atom. The first-order chi connectivity index (χ1) is 19.7. The van der Waals surface area contributed by atoms with Crippen molar-refractivity contribution in [2.75, 3.05) is 0 Å². The third-order valence-electron chi connectivity index (χ3n) is 5.55. The fourth-order valence-electron chi connectivity index (χ4n) is 4.17. The molecule has 5 aromatic rings. The zero-order valence-corrected chi connectivity index (χ0v) is 18.7. The third kappa shape index (κ3) is 4.04. The summed E-state index contributed by atoms with van der Waals surface area (Å²) < 4.78 is 87.5. The fraction of sp³-hybridized carbons (Fsp3) is 0.267. The number of fused-ring (bicyclic) bond motifs is 3. The van der Waals surface area contributed by atoms with Gasteiger partial charge < -0.3 is 4.42 Å². The minimum atomic E-state index is -2.65. The summed E-state index contributed by atoms with van der Waals surface area (Å²) >= 11 is 0. The van der Waals surface area contributed by atoms with Crippen LogP contribution in [0.1, 0.15) is 56.9 Å². The maximum absolute atomic E-state index is 8.90. The second-order valence-corrected chi connectivity index (χ2v) is 9.48. The van der Waals surface area contributed by atoms with Crippen molar-refractivity contribution >= 4 is 22.1 Å². The number of rotatable bonds is 3. The van der Waals surface area contributed by atoms with Gasteiger partial charge in [0.05, 0.1) is 7.06 Å². The summed E-state index contributed by atoms with van der Waals surface area (Å²) in [5.74, 6) is 0. The average Bonchev–Trinajstić information content (AvgIpc) is 3.23. The molecule has 3 aromatic heterocycles. The van der Waals surface area contributed by atoms with Gasteiger partial charge in [-0.15, -0.1) is 0 Å². The van der Waals surface area contributed by atoms with Crippen LogP contribution in [0.4, 0.5) is 0 Å². The summed E-state index contributed by atoms with van der Waals surface area (Å²) in [6.07, 6.45) is 1.72. The Labute approximate surface area is 209 Å². The van der Waals surface area contributed by atoms with Crippen LogP contribution in [0.25, 0.3) is 44.5 Å². The largest absolute Gasteiger partial charge is 0.437 e. The molecule has 0 saturated heterocycles. The average molecular weight is 445 g/mol. The second kappa shape index (κ2) is 7.84. The van der Waals surface area contributed by atoms with Crippen molar-refractivity contribution in [1.29, 1.82) is 0 Å². The topological polar surface area (TPSA) is 38.9 Å². The summed E-state index contributed by atoms with van der Waals surface area (Å²) in [6.45, 7) is -1.66. The minimum Gasteiger partial charge on any atom is -0.437 e. The van der Waals surface area contributed by atoms with E-state index in [1.807, 2.05) is 20.8 Å². The zero-order valence-electron chi connectivity index (χ0n) is 28.7. The van der Waals surface area contributed by atoms with Crippen LogP contribution < -0.4 is 0 Å². The second-order valence-electron chi connectivity index (χ2n) is 9.48. The number of aryl methyl sites for hydroxylation is 3. The molecule has 3 heterocycles. The van der Waals surface area contributed by atoms with Crippen molar-refractivity contribution in [3.05, 3.63) is 83.2 Å². The van der Waals surface area contributed by atoms with Crippen molar-refractivity contribution in [1.82, 2.24) is 9.97 Å².